The summed E-state index contributed by atoms with van der Waals surface area (Å²) in [4.78, 5) is 33.3. The Balaban J connectivity index is 1.64. The molecule has 4 rings (SSSR count). The van der Waals surface area contributed by atoms with Crippen molar-refractivity contribution in [2.45, 2.75) is 19.1 Å². The molecule has 0 aliphatic carbocycles. The van der Waals surface area contributed by atoms with Crippen LogP contribution in [0.2, 0.25) is 0 Å². The summed E-state index contributed by atoms with van der Waals surface area (Å²) in [6.07, 6.45) is -3.12. The summed E-state index contributed by atoms with van der Waals surface area (Å²) < 4.78 is 45.1. The van der Waals surface area contributed by atoms with Gasteiger partial charge in [0.15, 0.2) is 0 Å². The Bertz CT molecular complexity index is 1050. The van der Waals surface area contributed by atoms with E-state index in [1.807, 2.05) is 0 Å². The number of amides is 2. The van der Waals surface area contributed by atoms with Crippen LogP contribution in [0, 0.1) is 0 Å². The second-order valence-electron chi connectivity index (χ2n) is 6.32. The number of alkyl halides is 3. The van der Waals surface area contributed by atoms with Crippen molar-refractivity contribution in [1.29, 1.82) is 0 Å². The average molecular weight is 425 g/mol. The first kappa shape index (κ1) is 19.2. The second-order valence-corrected chi connectivity index (χ2v) is 6.70. The van der Waals surface area contributed by atoms with E-state index in [-0.39, 0.29) is 41.9 Å². The van der Waals surface area contributed by atoms with Crippen LogP contribution in [0.1, 0.15) is 16.8 Å². The highest BCUT2D eigenvalue weighted by atomic mass is 35.5. The summed E-state index contributed by atoms with van der Waals surface area (Å²) in [7, 11) is 0. The number of halogens is 4. The smallest absolute Gasteiger partial charge is 0.419 e. The number of ether oxygens (including phenoxy) is 1. The zero-order valence-electron chi connectivity index (χ0n) is 14.6. The molecule has 1 aromatic carbocycles. The third kappa shape index (κ3) is 3.51. The van der Waals surface area contributed by atoms with Gasteiger partial charge in [-0.05, 0) is 18.6 Å². The van der Waals surface area contributed by atoms with E-state index in [9.17, 15) is 22.8 Å². The highest BCUT2D eigenvalue weighted by molar-refractivity contribution is 6.47. The fourth-order valence-corrected chi connectivity index (χ4v) is 3.46. The number of carbonyl (C=O) groups excluding carboxylic acids is 2. The lowest BCUT2D eigenvalue weighted by Crippen LogP contribution is -2.35. The van der Waals surface area contributed by atoms with Gasteiger partial charge in [0, 0.05) is 12.1 Å². The highest BCUT2D eigenvalue weighted by Gasteiger charge is 2.37. The number of hydrogen-bond donors (Lipinski definition) is 1. The molecule has 1 aromatic heterocycles. The topological polar surface area (TPSA) is 84.4 Å². The van der Waals surface area contributed by atoms with E-state index < -0.39 is 23.6 Å². The third-order valence-corrected chi connectivity index (χ3v) is 4.88. The summed E-state index contributed by atoms with van der Waals surface area (Å²) in [6.45, 7) is 0.408. The number of benzene rings is 1. The van der Waals surface area contributed by atoms with Crippen LogP contribution in [0.5, 0.6) is 11.6 Å². The number of imide groups is 1. The van der Waals surface area contributed by atoms with Crippen molar-refractivity contribution < 1.29 is 27.5 Å². The third-order valence-electron chi connectivity index (χ3n) is 4.53. The first-order valence-corrected chi connectivity index (χ1v) is 8.80. The maximum Gasteiger partial charge on any atom is 0.419 e. The number of hydrogen-bond acceptors (Lipinski definition) is 6. The minimum Gasteiger partial charge on any atom is -0.438 e. The van der Waals surface area contributed by atoms with Crippen LogP contribution in [-0.4, -0.2) is 33.2 Å². The maximum atomic E-state index is 13.2. The normalized spacial score (nSPS) is 16.8. The molecule has 11 heteroatoms. The molecule has 29 heavy (non-hydrogen) atoms. The van der Waals surface area contributed by atoms with E-state index in [2.05, 4.69) is 15.3 Å². The number of aromatic nitrogens is 2. The van der Waals surface area contributed by atoms with E-state index >= 15 is 0 Å². The minimum absolute atomic E-state index is 0.0124. The SMILES string of the molecule is O=C1NC(=O)C(N2CCc3c(ncnc3Oc3ccccc3C(F)(F)F)C2)=C1Cl. The Labute approximate surface area is 167 Å². The minimum atomic E-state index is -4.58. The monoisotopic (exact) mass is 424 g/mol. The van der Waals surface area contributed by atoms with Crippen LogP contribution in [0.3, 0.4) is 0 Å². The lowest BCUT2D eigenvalue weighted by Gasteiger charge is -2.30. The number of nitrogens with one attached hydrogen (secondary N) is 1. The van der Waals surface area contributed by atoms with Crippen molar-refractivity contribution in [3.8, 4) is 11.6 Å². The fourth-order valence-electron chi connectivity index (χ4n) is 3.20. The standard InChI is InChI=1S/C18H12ClF3N4O3/c19-13-14(16(28)25-15(13)27)26-6-5-9-11(7-26)23-8-24-17(9)29-12-4-2-1-3-10(12)18(20,21)22/h1-4,8H,5-7H2,(H,25,27,28). The molecule has 7 nitrogen and oxygen atoms in total. The number of carbonyl (C=O) groups is 2. The highest BCUT2D eigenvalue weighted by Crippen LogP contribution is 2.39. The molecule has 0 spiro atoms. The van der Waals surface area contributed by atoms with Crippen molar-refractivity contribution in [2.75, 3.05) is 6.54 Å². The van der Waals surface area contributed by atoms with Gasteiger partial charge in [-0.25, -0.2) is 9.97 Å². The predicted molar refractivity (Wildman–Crippen MR) is 93.7 cm³/mol. The van der Waals surface area contributed by atoms with Crippen LogP contribution in [0.25, 0.3) is 0 Å². The van der Waals surface area contributed by atoms with Crippen LogP contribution >= 0.6 is 11.6 Å². The van der Waals surface area contributed by atoms with Crippen molar-refractivity contribution in [3.05, 3.63) is 58.1 Å². The quantitative estimate of drug-likeness (QED) is 0.763. The molecule has 0 unspecified atom stereocenters. The molecule has 2 aromatic rings. The molecule has 150 valence electrons. The lowest BCUT2D eigenvalue weighted by atomic mass is 10.1. The fraction of sp³-hybridized carbons (Fsp3) is 0.222. The van der Waals surface area contributed by atoms with Gasteiger partial charge in [0.25, 0.3) is 11.8 Å². The number of fused-ring (bicyclic) bond motifs is 1. The van der Waals surface area contributed by atoms with Gasteiger partial charge in [0.05, 0.1) is 17.8 Å². The molecule has 0 atom stereocenters. The maximum absolute atomic E-state index is 13.2. The van der Waals surface area contributed by atoms with Gasteiger partial charge in [0.1, 0.15) is 22.8 Å². The molecule has 2 amide bonds. The van der Waals surface area contributed by atoms with Crippen molar-refractivity contribution >= 4 is 23.4 Å². The van der Waals surface area contributed by atoms with Gasteiger partial charge in [0.2, 0.25) is 5.88 Å². The molecule has 3 heterocycles. The summed E-state index contributed by atoms with van der Waals surface area (Å²) >= 11 is 5.92. The van der Waals surface area contributed by atoms with Gasteiger partial charge in [-0.3, -0.25) is 14.9 Å². The molecular weight excluding hydrogens is 413 g/mol. The van der Waals surface area contributed by atoms with Gasteiger partial charge in [-0.15, -0.1) is 0 Å². The Hall–Kier alpha value is -3.14. The molecule has 0 bridgehead atoms. The molecular formula is C18H12ClF3N4O3. The Morgan fingerprint density at radius 3 is 2.59 bits per heavy atom. The molecule has 0 radical (unpaired) electrons. The molecule has 2 aliphatic rings. The van der Waals surface area contributed by atoms with Gasteiger partial charge >= 0.3 is 6.18 Å². The largest absolute Gasteiger partial charge is 0.438 e. The predicted octanol–water partition coefficient (Wildman–Crippen LogP) is 2.75. The molecule has 0 fully saturated rings. The van der Waals surface area contributed by atoms with E-state index in [0.717, 1.165) is 6.07 Å². The molecule has 1 N–H and O–H groups in total. The van der Waals surface area contributed by atoms with Gasteiger partial charge < -0.3 is 9.64 Å². The molecule has 0 saturated carbocycles. The average Bonchev–Trinajstić information content (AvgIpc) is 2.93. The summed E-state index contributed by atoms with van der Waals surface area (Å²) in [5, 5.41) is 1.91. The van der Waals surface area contributed by atoms with Crippen LogP contribution in [0.15, 0.2) is 41.3 Å². The summed E-state index contributed by atoms with van der Waals surface area (Å²) in [5.41, 5.74) is 0.130. The van der Waals surface area contributed by atoms with E-state index in [4.69, 9.17) is 16.3 Å². The van der Waals surface area contributed by atoms with Crippen molar-refractivity contribution in [2.24, 2.45) is 0 Å². The van der Waals surface area contributed by atoms with Crippen LogP contribution in [0.4, 0.5) is 13.2 Å². The zero-order chi connectivity index (χ0) is 20.8. The first-order chi connectivity index (χ1) is 13.8. The first-order valence-electron chi connectivity index (χ1n) is 8.43. The molecule has 2 aliphatic heterocycles. The number of rotatable bonds is 3. The van der Waals surface area contributed by atoms with Crippen LogP contribution in [-0.2, 0) is 28.7 Å². The van der Waals surface area contributed by atoms with E-state index in [1.165, 1.54) is 24.5 Å². The lowest BCUT2D eigenvalue weighted by molar-refractivity contribution is -0.138. The second kappa shape index (κ2) is 7.03. The Morgan fingerprint density at radius 1 is 1.14 bits per heavy atom. The van der Waals surface area contributed by atoms with Gasteiger partial charge in [-0.1, -0.05) is 23.7 Å². The number of nitrogens with zero attached hydrogens (tertiary/aromatic N) is 3. The van der Waals surface area contributed by atoms with E-state index in [0.29, 0.717) is 11.3 Å². The van der Waals surface area contributed by atoms with E-state index in [1.54, 1.807) is 4.90 Å². The Morgan fingerprint density at radius 2 is 1.90 bits per heavy atom. The Kier molecular flexibility index (Phi) is 4.65. The molecule has 0 saturated heterocycles. The number of para-hydroxylation sites is 1. The van der Waals surface area contributed by atoms with Gasteiger partial charge in [-0.2, -0.15) is 13.2 Å². The zero-order valence-corrected chi connectivity index (χ0v) is 15.3. The summed E-state index contributed by atoms with van der Waals surface area (Å²) in [5.74, 6) is -1.63. The van der Waals surface area contributed by atoms with Crippen LogP contribution < -0.4 is 10.1 Å². The summed E-state index contributed by atoms with van der Waals surface area (Å²) in [6, 6.07) is 4.85. The van der Waals surface area contributed by atoms with Crippen molar-refractivity contribution in [3.63, 3.8) is 0 Å². The van der Waals surface area contributed by atoms with Crippen molar-refractivity contribution in [1.82, 2.24) is 20.2 Å².